The first-order valence-corrected chi connectivity index (χ1v) is 6.19. The van der Waals surface area contributed by atoms with Crippen molar-refractivity contribution >= 4 is 5.69 Å². The molecule has 1 aliphatic rings. The molecule has 1 atom stereocenters. The van der Waals surface area contributed by atoms with E-state index in [0.29, 0.717) is 0 Å². The highest BCUT2D eigenvalue weighted by molar-refractivity contribution is 5.53. The van der Waals surface area contributed by atoms with Crippen LogP contribution in [-0.4, -0.2) is 25.0 Å². The van der Waals surface area contributed by atoms with Crippen molar-refractivity contribution in [3.8, 4) is 0 Å². The third-order valence-corrected chi connectivity index (χ3v) is 3.65. The molecule has 1 aliphatic heterocycles. The van der Waals surface area contributed by atoms with Crippen molar-refractivity contribution in [1.29, 1.82) is 0 Å². The van der Waals surface area contributed by atoms with Crippen LogP contribution in [0.4, 0.5) is 5.69 Å². The van der Waals surface area contributed by atoms with E-state index in [9.17, 15) is 0 Å². The van der Waals surface area contributed by atoms with E-state index < -0.39 is 0 Å². The molecule has 1 unspecified atom stereocenters. The normalized spacial score (nSPS) is 22.2. The predicted octanol–water partition coefficient (Wildman–Crippen LogP) is 2.46. The number of benzene rings is 1. The quantitative estimate of drug-likeness (QED) is 0.773. The molecule has 2 heteroatoms. The Bertz CT molecular complexity index is 360. The summed E-state index contributed by atoms with van der Waals surface area (Å²) in [5, 5.41) is 0. The molecule has 0 radical (unpaired) electrons. The van der Waals surface area contributed by atoms with Crippen LogP contribution in [-0.2, 0) is 6.42 Å². The van der Waals surface area contributed by atoms with Crippen molar-refractivity contribution in [3.63, 3.8) is 0 Å². The summed E-state index contributed by atoms with van der Waals surface area (Å²) < 4.78 is 0. The van der Waals surface area contributed by atoms with Gasteiger partial charge in [0.15, 0.2) is 0 Å². The van der Waals surface area contributed by atoms with Crippen LogP contribution in [0.25, 0.3) is 0 Å². The van der Waals surface area contributed by atoms with Crippen molar-refractivity contribution in [3.05, 3.63) is 29.3 Å². The molecular formula is C14H22N2. The average Bonchev–Trinajstić information content (AvgIpc) is 2.25. The molecule has 2 rings (SSSR count). The van der Waals surface area contributed by atoms with Gasteiger partial charge in [-0.1, -0.05) is 18.2 Å². The first kappa shape index (κ1) is 11.5. The summed E-state index contributed by atoms with van der Waals surface area (Å²) in [6.07, 6.45) is 3.81. The van der Waals surface area contributed by atoms with Crippen LogP contribution in [0.5, 0.6) is 0 Å². The zero-order chi connectivity index (χ0) is 11.5. The molecule has 1 saturated heterocycles. The lowest BCUT2D eigenvalue weighted by Gasteiger charge is -2.30. The fourth-order valence-electron chi connectivity index (χ4n) is 2.67. The molecule has 0 aliphatic carbocycles. The number of para-hydroxylation sites is 1. The van der Waals surface area contributed by atoms with Crippen molar-refractivity contribution in [2.75, 3.05) is 25.9 Å². The Morgan fingerprint density at radius 1 is 1.44 bits per heavy atom. The van der Waals surface area contributed by atoms with Gasteiger partial charge in [-0.05, 0) is 56.8 Å². The van der Waals surface area contributed by atoms with E-state index in [0.717, 1.165) is 18.0 Å². The number of nitrogen functional groups attached to an aromatic ring is 1. The van der Waals surface area contributed by atoms with Gasteiger partial charge in [0.25, 0.3) is 0 Å². The predicted molar refractivity (Wildman–Crippen MR) is 69.5 cm³/mol. The highest BCUT2D eigenvalue weighted by Gasteiger charge is 2.18. The molecule has 1 fully saturated rings. The van der Waals surface area contributed by atoms with Crippen LogP contribution in [0.1, 0.15) is 24.0 Å². The molecule has 2 N–H and O–H groups in total. The molecule has 16 heavy (non-hydrogen) atoms. The minimum Gasteiger partial charge on any atom is -0.398 e. The minimum absolute atomic E-state index is 0.780. The van der Waals surface area contributed by atoms with Crippen molar-refractivity contribution in [1.82, 2.24) is 4.90 Å². The second kappa shape index (κ2) is 4.88. The first-order valence-electron chi connectivity index (χ1n) is 6.19. The van der Waals surface area contributed by atoms with Gasteiger partial charge in [0, 0.05) is 12.2 Å². The van der Waals surface area contributed by atoms with Crippen LogP contribution in [0, 0.1) is 12.8 Å². The fraction of sp³-hybridized carbons (Fsp3) is 0.571. The lowest BCUT2D eigenvalue weighted by molar-refractivity contribution is 0.209. The van der Waals surface area contributed by atoms with E-state index in [-0.39, 0.29) is 0 Å². The van der Waals surface area contributed by atoms with E-state index in [1.54, 1.807) is 0 Å². The van der Waals surface area contributed by atoms with E-state index in [1.165, 1.54) is 37.1 Å². The van der Waals surface area contributed by atoms with Gasteiger partial charge in [0.1, 0.15) is 0 Å². The zero-order valence-electron chi connectivity index (χ0n) is 10.4. The van der Waals surface area contributed by atoms with E-state index in [4.69, 9.17) is 5.73 Å². The summed E-state index contributed by atoms with van der Waals surface area (Å²) >= 11 is 0. The number of likely N-dealkylation sites (tertiary alicyclic amines) is 1. The Kier molecular flexibility index (Phi) is 3.49. The maximum absolute atomic E-state index is 6.12. The molecule has 1 heterocycles. The number of nitrogens with two attached hydrogens (primary N) is 1. The molecule has 0 amide bonds. The third kappa shape index (κ3) is 2.56. The van der Waals surface area contributed by atoms with Gasteiger partial charge in [-0.2, -0.15) is 0 Å². The molecule has 1 aromatic carbocycles. The van der Waals surface area contributed by atoms with Gasteiger partial charge in [0.2, 0.25) is 0 Å². The molecule has 0 spiro atoms. The molecular weight excluding hydrogens is 196 g/mol. The Balaban J connectivity index is 2.05. The molecule has 0 saturated carbocycles. The van der Waals surface area contributed by atoms with Gasteiger partial charge in [-0.15, -0.1) is 0 Å². The lowest BCUT2D eigenvalue weighted by atomic mass is 9.90. The van der Waals surface area contributed by atoms with E-state index in [1.807, 2.05) is 0 Å². The number of nitrogens with zero attached hydrogens (tertiary/aromatic N) is 1. The third-order valence-electron chi connectivity index (χ3n) is 3.65. The maximum atomic E-state index is 6.12. The summed E-state index contributed by atoms with van der Waals surface area (Å²) in [6.45, 7) is 4.55. The van der Waals surface area contributed by atoms with Crippen LogP contribution < -0.4 is 5.73 Å². The number of anilines is 1. The second-order valence-corrected chi connectivity index (χ2v) is 5.12. The SMILES string of the molecule is Cc1cccc(CC2CCCN(C)C2)c1N. The smallest absolute Gasteiger partial charge is 0.0376 e. The summed E-state index contributed by atoms with van der Waals surface area (Å²) in [4.78, 5) is 2.43. The van der Waals surface area contributed by atoms with Gasteiger partial charge >= 0.3 is 0 Å². The number of aryl methyl sites for hydroxylation is 1. The monoisotopic (exact) mass is 218 g/mol. The Morgan fingerprint density at radius 3 is 3.00 bits per heavy atom. The zero-order valence-corrected chi connectivity index (χ0v) is 10.4. The summed E-state index contributed by atoms with van der Waals surface area (Å²) in [5.41, 5.74) is 9.66. The maximum Gasteiger partial charge on any atom is 0.0376 e. The number of hydrogen-bond acceptors (Lipinski definition) is 2. The van der Waals surface area contributed by atoms with Gasteiger partial charge in [-0.25, -0.2) is 0 Å². The molecule has 1 aromatic rings. The topological polar surface area (TPSA) is 29.3 Å². The number of piperidine rings is 1. The Morgan fingerprint density at radius 2 is 2.25 bits per heavy atom. The summed E-state index contributed by atoms with van der Waals surface area (Å²) in [7, 11) is 2.21. The molecule has 2 nitrogen and oxygen atoms in total. The van der Waals surface area contributed by atoms with Gasteiger partial charge in [0.05, 0.1) is 0 Å². The van der Waals surface area contributed by atoms with Crippen LogP contribution in [0.15, 0.2) is 18.2 Å². The highest BCUT2D eigenvalue weighted by atomic mass is 15.1. The highest BCUT2D eigenvalue weighted by Crippen LogP contribution is 2.24. The lowest BCUT2D eigenvalue weighted by Crippen LogP contribution is -2.33. The Labute approximate surface area is 98.4 Å². The Hall–Kier alpha value is -1.02. The van der Waals surface area contributed by atoms with E-state index in [2.05, 4.69) is 37.1 Å². The van der Waals surface area contributed by atoms with Crippen molar-refractivity contribution in [2.45, 2.75) is 26.2 Å². The van der Waals surface area contributed by atoms with Crippen molar-refractivity contribution in [2.24, 2.45) is 5.92 Å². The van der Waals surface area contributed by atoms with E-state index >= 15 is 0 Å². The largest absolute Gasteiger partial charge is 0.398 e. The van der Waals surface area contributed by atoms with Crippen LogP contribution >= 0.6 is 0 Å². The average molecular weight is 218 g/mol. The molecule has 0 aromatic heterocycles. The number of hydrogen-bond donors (Lipinski definition) is 1. The van der Waals surface area contributed by atoms with Crippen LogP contribution in [0.2, 0.25) is 0 Å². The molecule has 0 bridgehead atoms. The second-order valence-electron chi connectivity index (χ2n) is 5.12. The van der Waals surface area contributed by atoms with Crippen LogP contribution in [0.3, 0.4) is 0 Å². The minimum atomic E-state index is 0.780. The van der Waals surface area contributed by atoms with Crippen molar-refractivity contribution < 1.29 is 0 Å². The van der Waals surface area contributed by atoms with Gasteiger partial charge in [-0.3, -0.25) is 0 Å². The fourth-order valence-corrected chi connectivity index (χ4v) is 2.67. The number of rotatable bonds is 2. The van der Waals surface area contributed by atoms with Gasteiger partial charge < -0.3 is 10.6 Å². The summed E-state index contributed by atoms with van der Waals surface area (Å²) in [5.74, 6) is 0.780. The first-order chi connectivity index (χ1) is 7.66. The standard InChI is InChI=1S/C14H22N2/c1-11-5-3-7-13(14(11)15)9-12-6-4-8-16(2)10-12/h3,5,7,12H,4,6,8-10,15H2,1-2H3. The summed E-state index contributed by atoms with van der Waals surface area (Å²) in [6, 6.07) is 6.39. The molecule has 88 valence electrons.